The molecule has 0 aromatic heterocycles. The summed E-state index contributed by atoms with van der Waals surface area (Å²) < 4.78 is 6.34. The molecule has 0 aliphatic carbocycles. The molecular formula is C24H18N2O4S2. The number of aryl methyl sites for hydroxylation is 1. The average molecular weight is 463 g/mol. The van der Waals surface area contributed by atoms with E-state index in [1.165, 1.54) is 17.0 Å². The Kier molecular flexibility index (Phi) is 6.34. The van der Waals surface area contributed by atoms with E-state index in [0.717, 1.165) is 28.6 Å². The van der Waals surface area contributed by atoms with Gasteiger partial charge in [0.15, 0.2) is 4.32 Å². The second-order valence-corrected chi connectivity index (χ2v) is 8.73. The third-order valence-corrected chi connectivity index (χ3v) is 6.18. The minimum Gasteiger partial charge on any atom is -0.488 e. The number of nitrogens with zero attached hydrogens (tertiary/aromatic N) is 2. The molecule has 0 saturated carbocycles. The summed E-state index contributed by atoms with van der Waals surface area (Å²) in [6.07, 6.45) is 1.60. The summed E-state index contributed by atoms with van der Waals surface area (Å²) in [6, 6.07) is 21.4. The molecule has 1 saturated heterocycles. The van der Waals surface area contributed by atoms with Crippen LogP contribution in [0.2, 0.25) is 0 Å². The van der Waals surface area contributed by atoms with Crippen molar-refractivity contribution >= 4 is 51.7 Å². The molecule has 3 aromatic carbocycles. The first kappa shape index (κ1) is 21.7. The van der Waals surface area contributed by atoms with Gasteiger partial charge in [0.2, 0.25) is 0 Å². The van der Waals surface area contributed by atoms with Gasteiger partial charge in [-0.3, -0.25) is 19.8 Å². The fourth-order valence-electron chi connectivity index (χ4n) is 3.26. The highest BCUT2D eigenvalue weighted by Gasteiger charge is 2.34. The third-order valence-electron chi connectivity index (χ3n) is 4.88. The molecule has 1 heterocycles. The predicted molar refractivity (Wildman–Crippen MR) is 131 cm³/mol. The van der Waals surface area contributed by atoms with Crippen LogP contribution in [0.1, 0.15) is 16.7 Å². The van der Waals surface area contributed by atoms with Gasteiger partial charge in [-0.25, -0.2) is 0 Å². The fourth-order valence-corrected chi connectivity index (χ4v) is 4.54. The number of anilines is 1. The first-order valence-corrected chi connectivity index (χ1v) is 11.0. The molecule has 0 atom stereocenters. The van der Waals surface area contributed by atoms with Crippen molar-refractivity contribution in [1.82, 2.24) is 0 Å². The lowest BCUT2D eigenvalue weighted by atomic mass is 10.1. The monoisotopic (exact) mass is 462 g/mol. The second-order valence-electron chi connectivity index (χ2n) is 7.06. The van der Waals surface area contributed by atoms with Crippen LogP contribution < -0.4 is 9.64 Å². The van der Waals surface area contributed by atoms with Crippen LogP contribution in [0.4, 0.5) is 11.4 Å². The van der Waals surface area contributed by atoms with Crippen LogP contribution in [-0.2, 0) is 11.4 Å². The SMILES string of the molecule is Cc1ccccc1N1C(=O)/C(=C/c2cc([N+](=O)[O-])ccc2OCc2ccccc2)SC1=S. The van der Waals surface area contributed by atoms with E-state index in [9.17, 15) is 14.9 Å². The van der Waals surface area contributed by atoms with Crippen molar-refractivity contribution in [2.75, 3.05) is 4.90 Å². The normalized spacial score (nSPS) is 14.8. The molecule has 0 spiro atoms. The van der Waals surface area contributed by atoms with Gasteiger partial charge in [-0.05, 0) is 36.3 Å². The maximum atomic E-state index is 13.2. The van der Waals surface area contributed by atoms with Crippen LogP contribution in [0.15, 0.2) is 77.7 Å². The molecule has 0 unspecified atom stereocenters. The summed E-state index contributed by atoms with van der Waals surface area (Å²) in [4.78, 5) is 25.9. The molecular weight excluding hydrogens is 444 g/mol. The van der Waals surface area contributed by atoms with Gasteiger partial charge in [0.05, 0.1) is 15.5 Å². The Morgan fingerprint density at radius 1 is 1.09 bits per heavy atom. The number of amides is 1. The Morgan fingerprint density at radius 2 is 1.81 bits per heavy atom. The zero-order valence-electron chi connectivity index (χ0n) is 17.1. The van der Waals surface area contributed by atoms with Crippen LogP contribution in [0, 0.1) is 17.0 Å². The lowest BCUT2D eigenvalue weighted by Gasteiger charge is -2.16. The number of thioether (sulfide) groups is 1. The van der Waals surface area contributed by atoms with Gasteiger partial charge in [0.25, 0.3) is 11.6 Å². The Balaban J connectivity index is 1.68. The number of hydrogen-bond acceptors (Lipinski definition) is 6. The minimum absolute atomic E-state index is 0.0855. The highest BCUT2D eigenvalue weighted by Crippen LogP contribution is 2.38. The topological polar surface area (TPSA) is 72.7 Å². The van der Waals surface area contributed by atoms with E-state index < -0.39 is 4.92 Å². The molecule has 160 valence electrons. The van der Waals surface area contributed by atoms with Gasteiger partial charge in [-0.1, -0.05) is 72.5 Å². The standard InChI is InChI=1S/C24H18N2O4S2/c1-16-7-5-6-10-20(16)25-23(27)22(32-24(25)31)14-18-13-19(26(28)29)11-12-21(18)30-15-17-8-3-2-4-9-17/h2-14H,15H2,1H3/b22-14-. The average Bonchev–Trinajstić information content (AvgIpc) is 3.06. The number of nitro benzene ring substituents is 1. The van der Waals surface area contributed by atoms with Crippen LogP contribution in [0.25, 0.3) is 6.08 Å². The molecule has 0 radical (unpaired) electrons. The summed E-state index contributed by atoms with van der Waals surface area (Å²) in [5.41, 5.74) is 2.96. The van der Waals surface area contributed by atoms with Crippen molar-refractivity contribution in [2.24, 2.45) is 0 Å². The number of rotatable bonds is 6. The number of thiocarbonyl (C=S) groups is 1. The highest BCUT2D eigenvalue weighted by atomic mass is 32.2. The molecule has 8 heteroatoms. The Bertz CT molecular complexity index is 1240. The van der Waals surface area contributed by atoms with Crippen molar-refractivity contribution in [2.45, 2.75) is 13.5 Å². The second kappa shape index (κ2) is 9.33. The molecule has 1 fully saturated rings. The number of ether oxygens (including phenoxy) is 1. The van der Waals surface area contributed by atoms with E-state index in [-0.39, 0.29) is 11.6 Å². The third kappa shape index (κ3) is 4.56. The lowest BCUT2D eigenvalue weighted by molar-refractivity contribution is -0.384. The van der Waals surface area contributed by atoms with Gasteiger partial charge in [-0.2, -0.15) is 0 Å². The van der Waals surface area contributed by atoms with Crippen molar-refractivity contribution in [1.29, 1.82) is 0 Å². The smallest absolute Gasteiger partial charge is 0.270 e. The van der Waals surface area contributed by atoms with Crippen LogP contribution in [0.3, 0.4) is 0 Å². The summed E-state index contributed by atoms with van der Waals surface area (Å²) in [5.74, 6) is 0.176. The Labute approximate surface area is 194 Å². The maximum Gasteiger partial charge on any atom is 0.270 e. The van der Waals surface area contributed by atoms with Crippen LogP contribution in [0.5, 0.6) is 5.75 Å². The number of para-hydroxylation sites is 1. The number of benzene rings is 3. The number of hydrogen-bond donors (Lipinski definition) is 0. The predicted octanol–water partition coefficient (Wildman–Crippen LogP) is 5.89. The maximum absolute atomic E-state index is 13.2. The van der Waals surface area contributed by atoms with Crippen molar-refractivity contribution in [3.63, 3.8) is 0 Å². The molecule has 32 heavy (non-hydrogen) atoms. The van der Waals surface area contributed by atoms with Gasteiger partial charge in [-0.15, -0.1) is 0 Å². The van der Waals surface area contributed by atoms with E-state index in [1.807, 2.05) is 61.5 Å². The molecule has 1 amide bonds. The van der Waals surface area contributed by atoms with Gasteiger partial charge in [0.1, 0.15) is 12.4 Å². The van der Waals surface area contributed by atoms with Crippen LogP contribution in [-0.4, -0.2) is 15.2 Å². The largest absolute Gasteiger partial charge is 0.488 e. The highest BCUT2D eigenvalue weighted by molar-refractivity contribution is 8.27. The Morgan fingerprint density at radius 3 is 2.53 bits per heavy atom. The van der Waals surface area contributed by atoms with Crippen LogP contribution >= 0.6 is 24.0 Å². The van der Waals surface area contributed by atoms with Gasteiger partial charge in [0, 0.05) is 17.7 Å². The molecule has 0 N–H and O–H groups in total. The fraction of sp³-hybridized carbons (Fsp3) is 0.0833. The Hall–Kier alpha value is -3.49. The van der Waals surface area contributed by atoms with Crippen molar-refractivity contribution in [3.8, 4) is 5.75 Å². The number of nitro groups is 1. The zero-order valence-corrected chi connectivity index (χ0v) is 18.7. The zero-order chi connectivity index (χ0) is 22.7. The summed E-state index contributed by atoms with van der Waals surface area (Å²) in [6.45, 7) is 2.21. The van der Waals surface area contributed by atoms with E-state index in [1.54, 1.807) is 12.1 Å². The number of carbonyl (C=O) groups is 1. The van der Waals surface area contributed by atoms with E-state index in [2.05, 4.69) is 0 Å². The summed E-state index contributed by atoms with van der Waals surface area (Å²) >= 11 is 6.62. The summed E-state index contributed by atoms with van der Waals surface area (Å²) in [5, 5.41) is 11.3. The molecule has 6 nitrogen and oxygen atoms in total. The molecule has 4 rings (SSSR count). The van der Waals surface area contributed by atoms with Gasteiger partial charge >= 0.3 is 0 Å². The van der Waals surface area contributed by atoms with E-state index in [4.69, 9.17) is 17.0 Å². The number of non-ortho nitro benzene ring substituents is 1. The number of carbonyl (C=O) groups excluding carboxylic acids is 1. The minimum atomic E-state index is -0.475. The van der Waals surface area contributed by atoms with Gasteiger partial charge < -0.3 is 4.74 Å². The van der Waals surface area contributed by atoms with E-state index in [0.29, 0.717) is 27.1 Å². The molecule has 1 aliphatic rings. The molecule has 3 aromatic rings. The van der Waals surface area contributed by atoms with Crippen molar-refractivity contribution < 1.29 is 14.5 Å². The van der Waals surface area contributed by atoms with Crippen molar-refractivity contribution in [3.05, 3.63) is 105 Å². The molecule has 1 aliphatic heterocycles. The quantitative estimate of drug-likeness (QED) is 0.197. The summed E-state index contributed by atoms with van der Waals surface area (Å²) in [7, 11) is 0. The lowest BCUT2D eigenvalue weighted by Crippen LogP contribution is -2.28. The first-order chi connectivity index (χ1) is 15.4. The first-order valence-electron chi connectivity index (χ1n) is 9.73. The molecule has 0 bridgehead atoms. The van der Waals surface area contributed by atoms with E-state index >= 15 is 0 Å².